The first-order chi connectivity index (χ1) is 11.0. The molecule has 0 aromatic carbocycles. The molecule has 0 aliphatic carbocycles. The Morgan fingerprint density at radius 1 is 1.35 bits per heavy atom. The highest BCUT2D eigenvalue weighted by Crippen LogP contribution is 2.19. The van der Waals surface area contributed by atoms with Gasteiger partial charge in [-0.3, -0.25) is 4.79 Å². The zero-order valence-electron chi connectivity index (χ0n) is 12.9. The summed E-state index contributed by atoms with van der Waals surface area (Å²) in [5.74, 6) is 0.329. The molecule has 0 unspecified atom stereocenters. The molecule has 8 heteroatoms. The van der Waals surface area contributed by atoms with Crippen LogP contribution in [-0.2, 0) is 4.79 Å². The first-order valence-corrected chi connectivity index (χ1v) is 7.41. The van der Waals surface area contributed by atoms with E-state index in [1.807, 2.05) is 11.8 Å². The van der Waals surface area contributed by atoms with E-state index in [-0.39, 0.29) is 5.91 Å². The molecule has 1 aliphatic rings. The summed E-state index contributed by atoms with van der Waals surface area (Å²) in [6.45, 7) is 4.62. The molecule has 1 N–H and O–H groups in total. The van der Waals surface area contributed by atoms with E-state index in [2.05, 4.69) is 25.3 Å². The third-order valence-corrected chi connectivity index (χ3v) is 3.85. The van der Waals surface area contributed by atoms with Crippen LogP contribution in [0.3, 0.4) is 0 Å². The highest BCUT2D eigenvalue weighted by molar-refractivity contribution is 5.85. The van der Waals surface area contributed by atoms with E-state index >= 15 is 0 Å². The van der Waals surface area contributed by atoms with E-state index in [0.717, 1.165) is 25.4 Å². The van der Waals surface area contributed by atoms with Crippen molar-refractivity contribution in [1.29, 1.82) is 0 Å². The number of anilines is 1. The molecule has 1 amide bonds. The number of likely N-dealkylation sites (tertiary alicyclic amines) is 1. The van der Waals surface area contributed by atoms with Gasteiger partial charge in [0.15, 0.2) is 11.6 Å². The number of hydrogen-bond donors (Lipinski definition) is 1. The summed E-state index contributed by atoms with van der Waals surface area (Å²) in [4.78, 5) is 30.1. The van der Waals surface area contributed by atoms with Gasteiger partial charge in [0.2, 0.25) is 5.91 Å². The van der Waals surface area contributed by atoms with Crippen molar-refractivity contribution in [3.8, 4) is 11.5 Å². The predicted octanol–water partition coefficient (Wildman–Crippen LogP) is 1.49. The molecule has 7 nitrogen and oxygen atoms in total. The number of carbonyl (C=O) groups is 1. The molecule has 2 atom stereocenters. The summed E-state index contributed by atoms with van der Waals surface area (Å²) in [5, 5.41) is 3.06. The number of rotatable bonds is 4. The van der Waals surface area contributed by atoms with Gasteiger partial charge in [0.1, 0.15) is 23.9 Å². The molecule has 120 valence electrons. The van der Waals surface area contributed by atoms with E-state index in [4.69, 9.17) is 0 Å². The van der Waals surface area contributed by atoms with Gasteiger partial charge < -0.3 is 10.2 Å². The summed E-state index contributed by atoms with van der Waals surface area (Å²) < 4.78 is 12.9. The Bertz CT molecular complexity index is 707. The van der Waals surface area contributed by atoms with E-state index in [1.165, 1.54) is 6.33 Å². The number of nitrogens with one attached hydrogen (secondary N) is 1. The lowest BCUT2D eigenvalue weighted by Gasteiger charge is -2.40. The van der Waals surface area contributed by atoms with Crippen LogP contribution in [0.1, 0.15) is 20.3 Å². The third kappa shape index (κ3) is 3.25. The van der Waals surface area contributed by atoms with Crippen LogP contribution in [0.4, 0.5) is 10.2 Å². The lowest BCUT2D eigenvalue weighted by molar-refractivity contribution is -0.138. The fraction of sp³-hybridized carbons (Fsp3) is 0.400. The molecule has 1 aliphatic heterocycles. The molecule has 3 heterocycles. The van der Waals surface area contributed by atoms with Crippen LogP contribution in [0.25, 0.3) is 11.5 Å². The second-order valence-electron chi connectivity index (χ2n) is 5.55. The lowest BCUT2D eigenvalue weighted by atomic mass is 10.0. The maximum Gasteiger partial charge on any atom is 0.245 e. The topological polar surface area (TPSA) is 83.9 Å². The molecule has 0 saturated carbocycles. The molecule has 2 aromatic rings. The maximum atomic E-state index is 12.9. The summed E-state index contributed by atoms with van der Waals surface area (Å²) >= 11 is 0. The Kier molecular flexibility index (Phi) is 4.14. The molecule has 0 bridgehead atoms. The summed E-state index contributed by atoms with van der Waals surface area (Å²) in [6.07, 6.45) is 4.55. The van der Waals surface area contributed by atoms with Crippen LogP contribution in [-0.4, -0.2) is 49.4 Å². The van der Waals surface area contributed by atoms with Crippen molar-refractivity contribution in [3.63, 3.8) is 0 Å². The van der Waals surface area contributed by atoms with Crippen molar-refractivity contribution < 1.29 is 9.18 Å². The number of halogens is 1. The minimum Gasteiger partial charge on any atom is -0.359 e. The van der Waals surface area contributed by atoms with E-state index in [9.17, 15) is 9.18 Å². The fourth-order valence-corrected chi connectivity index (χ4v) is 2.38. The standard InChI is InChI=1S/C15H17FN6O/c1-9-3-4-22(9)15(23)10(2)21-13-5-12(19-8-20-13)14-17-6-11(16)7-18-14/h5-10H,3-4H2,1-2H3,(H,19,20,21)/t9-,10+/m0/s1. The van der Waals surface area contributed by atoms with Gasteiger partial charge in [-0.15, -0.1) is 0 Å². The number of carbonyl (C=O) groups excluding carboxylic acids is 1. The summed E-state index contributed by atoms with van der Waals surface area (Å²) in [7, 11) is 0. The Hall–Kier alpha value is -2.64. The number of amides is 1. The zero-order chi connectivity index (χ0) is 16.4. The molecule has 3 rings (SSSR count). The van der Waals surface area contributed by atoms with E-state index in [0.29, 0.717) is 23.4 Å². The number of hydrogen-bond acceptors (Lipinski definition) is 6. The molecule has 0 spiro atoms. The van der Waals surface area contributed by atoms with Crippen LogP contribution in [0, 0.1) is 5.82 Å². The predicted molar refractivity (Wildman–Crippen MR) is 81.9 cm³/mol. The minimum atomic E-state index is -0.510. The lowest BCUT2D eigenvalue weighted by Crippen LogP contribution is -2.53. The molecule has 23 heavy (non-hydrogen) atoms. The zero-order valence-corrected chi connectivity index (χ0v) is 12.9. The quantitative estimate of drug-likeness (QED) is 0.920. The first-order valence-electron chi connectivity index (χ1n) is 7.41. The summed E-state index contributed by atoms with van der Waals surface area (Å²) in [5.41, 5.74) is 0.458. The van der Waals surface area contributed by atoms with Crippen molar-refractivity contribution >= 4 is 11.7 Å². The van der Waals surface area contributed by atoms with Gasteiger partial charge in [-0.25, -0.2) is 24.3 Å². The van der Waals surface area contributed by atoms with Crippen molar-refractivity contribution in [2.75, 3.05) is 11.9 Å². The molecular weight excluding hydrogens is 299 g/mol. The molecule has 1 fully saturated rings. The van der Waals surface area contributed by atoms with Gasteiger partial charge in [0, 0.05) is 18.7 Å². The van der Waals surface area contributed by atoms with Gasteiger partial charge in [0.05, 0.1) is 12.4 Å². The molecule has 0 radical (unpaired) electrons. The normalized spacial score (nSPS) is 18.2. The Morgan fingerprint density at radius 2 is 2.09 bits per heavy atom. The van der Waals surface area contributed by atoms with E-state index in [1.54, 1.807) is 13.0 Å². The van der Waals surface area contributed by atoms with Crippen LogP contribution < -0.4 is 5.32 Å². The minimum absolute atomic E-state index is 0.0435. The first kappa shape index (κ1) is 15.3. The second-order valence-corrected chi connectivity index (χ2v) is 5.55. The Balaban J connectivity index is 1.72. The van der Waals surface area contributed by atoms with Gasteiger partial charge in [-0.2, -0.15) is 0 Å². The average Bonchev–Trinajstić information content (AvgIpc) is 2.54. The van der Waals surface area contributed by atoms with Crippen molar-refractivity contribution in [2.24, 2.45) is 0 Å². The van der Waals surface area contributed by atoms with Crippen LogP contribution in [0.5, 0.6) is 0 Å². The third-order valence-electron chi connectivity index (χ3n) is 3.85. The van der Waals surface area contributed by atoms with Gasteiger partial charge in [-0.05, 0) is 20.3 Å². The second kappa shape index (κ2) is 6.23. The SMILES string of the molecule is C[C@@H](Nc1cc(-c2ncc(F)cn2)ncn1)C(=O)N1CC[C@@H]1C. The Morgan fingerprint density at radius 3 is 2.70 bits per heavy atom. The highest BCUT2D eigenvalue weighted by Gasteiger charge is 2.31. The van der Waals surface area contributed by atoms with Gasteiger partial charge >= 0.3 is 0 Å². The Labute approximate surface area is 133 Å². The van der Waals surface area contributed by atoms with Gasteiger partial charge in [-0.1, -0.05) is 0 Å². The fourth-order valence-electron chi connectivity index (χ4n) is 2.38. The largest absolute Gasteiger partial charge is 0.359 e. The molecule has 1 saturated heterocycles. The highest BCUT2D eigenvalue weighted by atomic mass is 19.1. The van der Waals surface area contributed by atoms with Crippen LogP contribution in [0.15, 0.2) is 24.8 Å². The van der Waals surface area contributed by atoms with Gasteiger partial charge in [0.25, 0.3) is 0 Å². The number of aromatic nitrogens is 4. The number of nitrogens with zero attached hydrogens (tertiary/aromatic N) is 5. The van der Waals surface area contributed by atoms with Crippen LogP contribution >= 0.6 is 0 Å². The maximum absolute atomic E-state index is 12.9. The van der Waals surface area contributed by atoms with Crippen LogP contribution in [0.2, 0.25) is 0 Å². The smallest absolute Gasteiger partial charge is 0.245 e. The van der Waals surface area contributed by atoms with Crippen molar-refractivity contribution in [3.05, 3.63) is 30.6 Å². The average molecular weight is 316 g/mol. The molecule has 2 aromatic heterocycles. The monoisotopic (exact) mass is 316 g/mol. The summed E-state index contributed by atoms with van der Waals surface area (Å²) in [6, 6.07) is 1.53. The van der Waals surface area contributed by atoms with Crippen molar-refractivity contribution in [1.82, 2.24) is 24.8 Å². The molecular formula is C15H17FN6O. The van der Waals surface area contributed by atoms with E-state index < -0.39 is 11.9 Å². The van der Waals surface area contributed by atoms with Crippen molar-refractivity contribution in [2.45, 2.75) is 32.4 Å².